The molecular formula is C19H21NO6. The molecule has 0 bridgehead atoms. The lowest BCUT2D eigenvalue weighted by Crippen LogP contribution is -2.20. The number of ether oxygens (including phenoxy) is 4. The lowest BCUT2D eigenvalue weighted by molar-refractivity contribution is -0.118. The number of nitrogens with one attached hydrogen (secondary N) is 1. The predicted octanol–water partition coefficient (Wildman–Crippen LogP) is 2.93. The van der Waals surface area contributed by atoms with Crippen molar-refractivity contribution in [2.24, 2.45) is 0 Å². The van der Waals surface area contributed by atoms with Gasteiger partial charge in [0.25, 0.3) is 5.91 Å². The summed E-state index contributed by atoms with van der Waals surface area (Å²) in [4.78, 5) is 23.6. The van der Waals surface area contributed by atoms with Crippen LogP contribution in [0.4, 0.5) is 5.69 Å². The molecule has 0 heterocycles. The molecule has 0 atom stereocenters. The van der Waals surface area contributed by atoms with Gasteiger partial charge in [-0.25, -0.2) is 0 Å². The van der Waals surface area contributed by atoms with E-state index in [-0.39, 0.29) is 18.3 Å². The number of ketones is 1. The fraction of sp³-hybridized carbons (Fsp3) is 0.263. The number of carbonyl (C=O) groups excluding carboxylic acids is 2. The number of methoxy groups -OCH3 is 3. The summed E-state index contributed by atoms with van der Waals surface area (Å²) in [5, 5.41) is 2.71. The van der Waals surface area contributed by atoms with E-state index in [1.807, 2.05) is 0 Å². The van der Waals surface area contributed by atoms with Crippen LogP contribution in [0.1, 0.15) is 17.3 Å². The topological polar surface area (TPSA) is 83.1 Å². The first-order chi connectivity index (χ1) is 12.5. The fourth-order valence-electron chi connectivity index (χ4n) is 2.23. The molecule has 0 spiro atoms. The van der Waals surface area contributed by atoms with E-state index in [0.29, 0.717) is 34.2 Å². The molecule has 138 valence electrons. The highest BCUT2D eigenvalue weighted by Crippen LogP contribution is 2.29. The van der Waals surface area contributed by atoms with Crippen LogP contribution in [0.25, 0.3) is 0 Å². The fourth-order valence-corrected chi connectivity index (χ4v) is 2.23. The Labute approximate surface area is 151 Å². The Bertz CT molecular complexity index is 780. The van der Waals surface area contributed by atoms with Crippen molar-refractivity contribution in [3.8, 4) is 23.0 Å². The molecule has 1 N–H and O–H groups in total. The van der Waals surface area contributed by atoms with Crippen LogP contribution in [0, 0.1) is 0 Å². The maximum absolute atomic E-state index is 12.1. The summed E-state index contributed by atoms with van der Waals surface area (Å²) in [6.45, 7) is 1.24. The first-order valence-corrected chi connectivity index (χ1v) is 7.81. The highest BCUT2D eigenvalue weighted by atomic mass is 16.5. The van der Waals surface area contributed by atoms with Crippen LogP contribution in [0.3, 0.4) is 0 Å². The van der Waals surface area contributed by atoms with Crippen LogP contribution in [-0.4, -0.2) is 39.6 Å². The predicted molar refractivity (Wildman–Crippen MR) is 96.7 cm³/mol. The first-order valence-electron chi connectivity index (χ1n) is 7.81. The SMILES string of the molecule is COc1cc(NC(=O)COc2ccc(C(C)=O)cc2OC)cc(OC)c1. The number of hydrogen-bond acceptors (Lipinski definition) is 6. The van der Waals surface area contributed by atoms with Crippen LogP contribution >= 0.6 is 0 Å². The Hall–Kier alpha value is -3.22. The second-order valence-electron chi connectivity index (χ2n) is 5.36. The molecule has 0 saturated heterocycles. The lowest BCUT2D eigenvalue weighted by Gasteiger charge is -2.12. The van der Waals surface area contributed by atoms with Crippen LogP contribution in [0.2, 0.25) is 0 Å². The van der Waals surface area contributed by atoms with Crippen molar-refractivity contribution in [2.75, 3.05) is 33.3 Å². The van der Waals surface area contributed by atoms with E-state index in [4.69, 9.17) is 18.9 Å². The van der Waals surface area contributed by atoms with Gasteiger partial charge in [0.1, 0.15) is 11.5 Å². The number of amides is 1. The molecule has 0 fully saturated rings. The molecule has 0 aliphatic heterocycles. The number of Topliss-reactive ketones (excluding diaryl/α,β-unsaturated/α-hetero) is 1. The molecule has 2 aromatic rings. The minimum Gasteiger partial charge on any atom is -0.497 e. The second-order valence-corrected chi connectivity index (χ2v) is 5.36. The van der Waals surface area contributed by atoms with Gasteiger partial charge >= 0.3 is 0 Å². The van der Waals surface area contributed by atoms with E-state index in [1.54, 1.807) is 36.4 Å². The Morgan fingerprint density at radius 3 is 2.08 bits per heavy atom. The first kappa shape index (κ1) is 19.1. The molecule has 7 heteroatoms. The van der Waals surface area contributed by atoms with Crippen molar-refractivity contribution in [2.45, 2.75) is 6.92 Å². The van der Waals surface area contributed by atoms with Crippen LogP contribution in [0.5, 0.6) is 23.0 Å². The molecule has 7 nitrogen and oxygen atoms in total. The molecule has 0 aliphatic rings. The van der Waals surface area contributed by atoms with E-state index < -0.39 is 0 Å². The molecule has 2 aromatic carbocycles. The Morgan fingerprint density at radius 2 is 1.54 bits per heavy atom. The smallest absolute Gasteiger partial charge is 0.262 e. The zero-order valence-corrected chi connectivity index (χ0v) is 15.1. The van der Waals surface area contributed by atoms with E-state index in [9.17, 15) is 9.59 Å². The molecule has 2 rings (SSSR count). The highest BCUT2D eigenvalue weighted by molar-refractivity contribution is 5.95. The molecular weight excluding hydrogens is 338 g/mol. The molecule has 0 unspecified atom stereocenters. The molecule has 1 amide bonds. The van der Waals surface area contributed by atoms with Gasteiger partial charge in [0, 0.05) is 29.4 Å². The van der Waals surface area contributed by atoms with Gasteiger partial charge in [-0.2, -0.15) is 0 Å². The third-order valence-corrected chi connectivity index (χ3v) is 3.56. The van der Waals surface area contributed by atoms with Gasteiger partial charge in [-0.15, -0.1) is 0 Å². The maximum atomic E-state index is 12.1. The van der Waals surface area contributed by atoms with Gasteiger partial charge in [-0.3, -0.25) is 9.59 Å². The Balaban J connectivity index is 2.04. The van der Waals surface area contributed by atoms with Crippen LogP contribution < -0.4 is 24.3 Å². The number of benzene rings is 2. The van der Waals surface area contributed by atoms with Gasteiger partial charge in [0.2, 0.25) is 0 Å². The average molecular weight is 359 g/mol. The zero-order chi connectivity index (χ0) is 19.1. The standard InChI is InChI=1S/C19H21NO6/c1-12(21)13-5-6-17(18(7-13)25-4)26-11-19(22)20-14-8-15(23-2)10-16(9-14)24-3/h5-10H,11H2,1-4H3,(H,20,22). The summed E-state index contributed by atoms with van der Waals surface area (Å²) in [7, 11) is 4.52. The van der Waals surface area contributed by atoms with Crippen molar-refractivity contribution >= 4 is 17.4 Å². The highest BCUT2D eigenvalue weighted by Gasteiger charge is 2.11. The van der Waals surface area contributed by atoms with Gasteiger partial charge in [0.05, 0.1) is 21.3 Å². The summed E-state index contributed by atoms with van der Waals surface area (Å²) in [5.74, 6) is 1.42. The molecule has 0 aliphatic carbocycles. The van der Waals surface area contributed by atoms with E-state index in [1.165, 1.54) is 28.3 Å². The number of hydrogen-bond donors (Lipinski definition) is 1. The van der Waals surface area contributed by atoms with Gasteiger partial charge in [-0.05, 0) is 25.1 Å². The minimum atomic E-state index is -0.363. The summed E-state index contributed by atoms with van der Waals surface area (Å²) in [6.07, 6.45) is 0. The largest absolute Gasteiger partial charge is 0.497 e. The van der Waals surface area contributed by atoms with Crippen molar-refractivity contribution in [1.82, 2.24) is 0 Å². The van der Waals surface area contributed by atoms with Crippen molar-refractivity contribution < 1.29 is 28.5 Å². The van der Waals surface area contributed by atoms with Gasteiger partial charge in [0.15, 0.2) is 23.9 Å². The molecule has 0 saturated carbocycles. The summed E-state index contributed by atoms with van der Waals surface area (Å²) in [6, 6.07) is 9.82. The van der Waals surface area contributed by atoms with Gasteiger partial charge in [-0.1, -0.05) is 0 Å². The molecule has 0 aromatic heterocycles. The number of carbonyl (C=O) groups is 2. The monoisotopic (exact) mass is 359 g/mol. The van der Waals surface area contributed by atoms with E-state index in [0.717, 1.165) is 0 Å². The third-order valence-electron chi connectivity index (χ3n) is 3.56. The molecule has 26 heavy (non-hydrogen) atoms. The zero-order valence-electron chi connectivity index (χ0n) is 15.1. The lowest BCUT2D eigenvalue weighted by atomic mass is 10.1. The van der Waals surface area contributed by atoms with Crippen LogP contribution in [0.15, 0.2) is 36.4 Å². The minimum absolute atomic E-state index is 0.0837. The molecule has 0 radical (unpaired) electrons. The van der Waals surface area contributed by atoms with E-state index >= 15 is 0 Å². The third kappa shape index (κ3) is 4.89. The maximum Gasteiger partial charge on any atom is 0.262 e. The summed E-state index contributed by atoms with van der Waals surface area (Å²) in [5.41, 5.74) is 1.02. The average Bonchev–Trinajstić information content (AvgIpc) is 2.65. The second kappa shape index (κ2) is 8.75. The van der Waals surface area contributed by atoms with Crippen molar-refractivity contribution in [1.29, 1.82) is 0 Å². The van der Waals surface area contributed by atoms with E-state index in [2.05, 4.69) is 5.32 Å². The van der Waals surface area contributed by atoms with Crippen molar-refractivity contribution in [3.63, 3.8) is 0 Å². The van der Waals surface area contributed by atoms with Gasteiger partial charge < -0.3 is 24.3 Å². The number of rotatable bonds is 8. The van der Waals surface area contributed by atoms with Crippen molar-refractivity contribution in [3.05, 3.63) is 42.0 Å². The number of anilines is 1. The quantitative estimate of drug-likeness (QED) is 0.730. The Kier molecular flexibility index (Phi) is 6.43. The summed E-state index contributed by atoms with van der Waals surface area (Å²) >= 11 is 0. The van der Waals surface area contributed by atoms with Crippen LogP contribution in [-0.2, 0) is 4.79 Å². The summed E-state index contributed by atoms with van der Waals surface area (Å²) < 4.78 is 21.0. The normalized spacial score (nSPS) is 10.0. The Morgan fingerprint density at radius 1 is 0.885 bits per heavy atom.